The highest BCUT2D eigenvalue weighted by Gasteiger charge is 2.36. The fourth-order valence-electron chi connectivity index (χ4n) is 2.46. The molecule has 1 fully saturated rings. The van der Waals surface area contributed by atoms with Crippen molar-refractivity contribution in [2.45, 2.75) is 57.3 Å². The molecule has 0 saturated heterocycles. The smallest absolute Gasteiger partial charge is 0.101 e. The molecule has 0 radical (unpaired) electrons. The molecule has 2 rings (SSSR count). The number of hydrogen-bond acceptors (Lipinski definition) is 3. The molecule has 0 aromatic carbocycles. The van der Waals surface area contributed by atoms with Crippen LogP contribution in [0.3, 0.4) is 0 Å². The molecule has 0 atom stereocenters. The first-order chi connectivity index (χ1) is 7.68. The van der Waals surface area contributed by atoms with Crippen LogP contribution in [-0.2, 0) is 5.41 Å². The number of nitrogens with zero attached hydrogens (tertiary/aromatic N) is 1. The standard InChI is InChI=1S/C13H21NOS/c1-10(2)11-8-16-12(14-11)13(9-15)6-4-3-5-7-13/h8,10,15H,3-7,9H2,1-2H3. The molecule has 1 aliphatic carbocycles. The first-order valence-electron chi connectivity index (χ1n) is 6.25. The van der Waals surface area contributed by atoms with Gasteiger partial charge in [-0.2, -0.15) is 0 Å². The van der Waals surface area contributed by atoms with Crippen LogP contribution < -0.4 is 0 Å². The summed E-state index contributed by atoms with van der Waals surface area (Å²) in [6, 6.07) is 0. The van der Waals surface area contributed by atoms with Crippen LogP contribution in [0.4, 0.5) is 0 Å². The Morgan fingerprint density at radius 1 is 1.38 bits per heavy atom. The minimum atomic E-state index is -0.0178. The number of aliphatic hydroxyl groups is 1. The number of aromatic nitrogens is 1. The van der Waals surface area contributed by atoms with Crippen molar-refractivity contribution in [1.82, 2.24) is 4.98 Å². The number of hydrogen-bond donors (Lipinski definition) is 1. The van der Waals surface area contributed by atoms with Gasteiger partial charge in [-0.25, -0.2) is 4.98 Å². The number of aliphatic hydroxyl groups excluding tert-OH is 1. The van der Waals surface area contributed by atoms with Gasteiger partial charge in [-0.1, -0.05) is 33.1 Å². The van der Waals surface area contributed by atoms with Crippen LogP contribution in [0.25, 0.3) is 0 Å². The quantitative estimate of drug-likeness (QED) is 0.876. The van der Waals surface area contributed by atoms with E-state index in [2.05, 4.69) is 19.2 Å². The summed E-state index contributed by atoms with van der Waals surface area (Å²) in [5.41, 5.74) is 1.16. The first-order valence-corrected chi connectivity index (χ1v) is 7.13. The van der Waals surface area contributed by atoms with Gasteiger partial charge in [-0.15, -0.1) is 11.3 Å². The summed E-state index contributed by atoms with van der Waals surface area (Å²) in [7, 11) is 0. The Morgan fingerprint density at radius 3 is 2.56 bits per heavy atom. The lowest BCUT2D eigenvalue weighted by molar-refractivity contribution is 0.151. The first kappa shape index (κ1) is 12.1. The summed E-state index contributed by atoms with van der Waals surface area (Å²) in [6.07, 6.45) is 5.99. The van der Waals surface area contributed by atoms with Crippen molar-refractivity contribution < 1.29 is 5.11 Å². The molecule has 1 aliphatic rings. The minimum Gasteiger partial charge on any atom is -0.395 e. The van der Waals surface area contributed by atoms with E-state index in [0.29, 0.717) is 5.92 Å². The molecule has 1 N–H and O–H groups in total. The maximum atomic E-state index is 9.71. The second kappa shape index (κ2) is 4.84. The lowest BCUT2D eigenvalue weighted by Gasteiger charge is -2.33. The normalized spacial score (nSPS) is 20.2. The minimum absolute atomic E-state index is 0.0178. The van der Waals surface area contributed by atoms with Crippen molar-refractivity contribution in [3.8, 4) is 0 Å². The van der Waals surface area contributed by atoms with Crippen LogP contribution in [0.2, 0.25) is 0 Å². The second-order valence-electron chi connectivity index (χ2n) is 5.23. The molecule has 0 spiro atoms. The third-order valence-corrected chi connectivity index (χ3v) is 4.79. The summed E-state index contributed by atoms with van der Waals surface area (Å²) >= 11 is 1.74. The Kier molecular flexibility index (Phi) is 3.65. The third kappa shape index (κ3) is 2.16. The Hall–Kier alpha value is -0.410. The summed E-state index contributed by atoms with van der Waals surface area (Å²) in [5, 5.41) is 13.0. The zero-order chi connectivity index (χ0) is 11.6. The van der Waals surface area contributed by atoms with Gasteiger partial charge in [-0.05, 0) is 18.8 Å². The number of rotatable bonds is 3. The maximum Gasteiger partial charge on any atom is 0.101 e. The van der Waals surface area contributed by atoms with Gasteiger partial charge in [0, 0.05) is 10.8 Å². The van der Waals surface area contributed by atoms with Crippen molar-refractivity contribution in [1.29, 1.82) is 0 Å². The fourth-order valence-corrected chi connectivity index (χ4v) is 3.70. The average molecular weight is 239 g/mol. The van der Waals surface area contributed by atoms with Crippen molar-refractivity contribution in [2.75, 3.05) is 6.61 Å². The van der Waals surface area contributed by atoms with Crippen LogP contribution >= 0.6 is 11.3 Å². The van der Waals surface area contributed by atoms with Gasteiger partial charge < -0.3 is 5.11 Å². The molecule has 2 nitrogen and oxygen atoms in total. The lowest BCUT2D eigenvalue weighted by Crippen LogP contribution is -2.33. The van der Waals surface area contributed by atoms with Crippen LogP contribution in [0.15, 0.2) is 5.38 Å². The summed E-state index contributed by atoms with van der Waals surface area (Å²) < 4.78 is 0. The highest BCUT2D eigenvalue weighted by Crippen LogP contribution is 2.40. The average Bonchev–Trinajstić information content (AvgIpc) is 2.80. The summed E-state index contributed by atoms with van der Waals surface area (Å²) in [4.78, 5) is 4.73. The molecule has 1 saturated carbocycles. The molecule has 1 heterocycles. The lowest BCUT2D eigenvalue weighted by atomic mass is 9.75. The van der Waals surface area contributed by atoms with E-state index in [9.17, 15) is 5.11 Å². The van der Waals surface area contributed by atoms with Gasteiger partial charge in [0.1, 0.15) is 5.01 Å². The van der Waals surface area contributed by atoms with Crippen molar-refractivity contribution >= 4 is 11.3 Å². The molecule has 1 aromatic heterocycles. The van der Waals surface area contributed by atoms with Crippen molar-refractivity contribution in [3.63, 3.8) is 0 Å². The molecule has 1 aromatic rings. The van der Waals surface area contributed by atoms with Gasteiger partial charge >= 0.3 is 0 Å². The van der Waals surface area contributed by atoms with E-state index in [1.165, 1.54) is 30.0 Å². The van der Waals surface area contributed by atoms with E-state index in [4.69, 9.17) is 4.98 Å². The Labute approximate surface area is 102 Å². The van der Waals surface area contributed by atoms with Crippen LogP contribution in [0, 0.1) is 0 Å². The molecule has 90 valence electrons. The molecule has 0 bridgehead atoms. The molecule has 0 unspecified atom stereocenters. The van der Waals surface area contributed by atoms with E-state index in [1.54, 1.807) is 11.3 Å². The van der Waals surface area contributed by atoms with E-state index >= 15 is 0 Å². The van der Waals surface area contributed by atoms with E-state index < -0.39 is 0 Å². The molecule has 16 heavy (non-hydrogen) atoms. The molecular formula is C13H21NOS. The summed E-state index contributed by atoms with van der Waals surface area (Å²) in [6.45, 7) is 4.61. The van der Waals surface area contributed by atoms with Gasteiger partial charge in [0.05, 0.1) is 12.3 Å². The SMILES string of the molecule is CC(C)c1csc(C2(CO)CCCCC2)n1. The van der Waals surface area contributed by atoms with Gasteiger partial charge in [0.15, 0.2) is 0 Å². The maximum absolute atomic E-state index is 9.71. The Bertz CT molecular complexity index is 339. The van der Waals surface area contributed by atoms with E-state index in [0.717, 1.165) is 12.8 Å². The molecule has 0 aliphatic heterocycles. The highest BCUT2D eigenvalue weighted by atomic mass is 32.1. The highest BCUT2D eigenvalue weighted by molar-refractivity contribution is 7.09. The summed E-state index contributed by atoms with van der Waals surface area (Å²) in [5.74, 6) is 0.490. The third-order valence-electron chi connectivity index (χ3n) is 3.68. The van der Waals surface area contributed by atoms with Gasteiger partial charge in [0.2, 0.25) is 0 Å². The topological polar surface area (TPSA) is 33.1 Å². The monoisotopic (exact) mass is 239 g/mol. The Balaban J connectivity index is 2.25. The van der Waals surface area contributed by atoms with E-state index in [1.807, 2.05) is 0 Å². The second-order valence-corrected chi connectivity index (χ2v) is 6.09. The van der Waals surface area contributed by atoms with Gasteiger partial charge in [0.25, 0.3) is 0 Å². The zero-order valence-corrected chi connectivity index (χ0v) is 11.0. The van der Waals surface area contributed by atoms with Crippen LogP contribution in [0.1, 0.15) is 62.6 Å². The zero-order valence-electron chi connectivity index (χ0n) is 10.2. The van der Waals surface area contributed by atoms with E-state index in [-0.39, 0.29) is 12.0 Å². The van der Waals surface area contributed by atoms with Crippen LogP contribution in [0.5, 0.6) is 0 Å². The largest absolute Gasteiger partial charge is 0.395 e. The van der Waals surface area contributed by atoms with Crippen molar-refractivity contribution in [3.05, 3.63) is 16.1 Å². The predicted octanol–water partition coefficient (Wildman–Crippen LogP) is 3.46. The Morgan fingerprint density at radius 2 is 2.06 bits per heavy atom. The van der Waals surface area contributed by atoms with Crippen LogP contribution in [-0.4, -0.2) is 16.7 Å². The molecule has 0 amide bonds. The number of thiazole rings is 1. The predicted molar refractivity (Wildman–Crippen MR) is 68.1 cm³/mol. The fraction of sp³-hybridized carbons (Fsp3) is 0.769. The van der Waals surface area contributed by atoms with Crippen molar-refractivity contribution in [2.24, 2.45) is 0 Å². The van der Waals surface area contributed by atoms with Gasteiger partial charge in [-0.3, -0.25) is 0 Å². The molecular weight excluding hydrogens is 218 g/mol. The molecule has 3 heteroatoms.